The second kappa shape index (κ2) is 6.14. The Labute approximate surface area is 87.1 Å². The lowest BCUT2D eigenvalue weighted by Gasteiger charge is -1.98. The monoisotopic (exact) mass is 236 g/mol. The van der Waals surface area contributed by atoms with Gasteiger partial charge in [-0.3, -0.25) is 14.1 Å². The molecular formula is C7H12N2O5S. The van der Waals surface area contributed by atoms with E-state index in [1.165, 1.54) is 0 Å². The summed E-state index contributed by atoms with van der Waals surface area (Å²) >= 11 is 0. The average Bonchev–Trinajstić information content (AvgIpc) is 2.00. The van der Waals surface area contributed by atoms with Crippen molar-refractivity contribution in [2.24, 2.45) is 5.73 Å². The Bertz CT molecular complexity index is 360. The maximum Gasteiger partial charge on any atom is 0.264 e. The minimum absolute atomic E-state index is 0.00901. The Morgan fingerprint density at radius 1 is 1.40 bits per heavy atom. The highest BCUT2D eigenvalue weighted by atomic mass is 32.2. The number of amides is 2. The van der Waals surface area contributed by atoms with Crippen LogP contribution in [-0.2, 0) is 19.7 Å². The van der Waals surface area contributed by atoms with Gasteiger partial charge in [0.2, 0.25) is 11.8 Å². The minimum atomic E-state index is -4.03. The standard InChI is InChI=1S/C7H12N2O5S/c8-6(10)3-4-9-7(11)2-1-5-15(12,13)14/h3-4H,1-2,5H2,(H2,8,10)(H,9,11)(H,12,13,14)/b4-3+. The van der Waals surface area contributed by atoms with Gasteiger partial charge >= 0.3 is 0 Å². The first kappa shape index (κ1) is 13.6. The van der Waals surface area contributed by atoms with Gasteiger partial charge in [-0.05, 0) is 6.42 Å². The number of carbonyl (C=O) groups excluding carboxylic acids is 2. The van der Waals surface area contributed by atoms with Crippen LogP contribution in [0.4, 0.5) is 0 Å². The van der Waals surface area contributed by atoms with Crippen molar-refractivity contribution in [3.8, 4) is 0 Å². The van der Waals surface area contributed by atoms with E-state index in [2.05, 4.69) is 5.32 Å². The predicted octanol–water partition coefficient (Wildman–Crippen LogP) is -1.23. The summed E-state index contributed by atoms with van der Waals surface area (Å²) in [6, 6.07) is 0. The first-order chi connectivity index (χ1) is 6.81. The summed E-state index contributed by atoms with van der Waals surface area (Å²) in [6.45, 7) is 0. The number of hydrogen-bond acceptors (Lipinski definition) is 4. The zero-order valence-electron chi connectivity index (χ0n) is 7.84. The number of hydrogen-bond donors (Lipinski definition) is 3. The van der Waals surface area contributed by atoms with Gasteiger partial charge in [0.15, 0.2) is 0 Å². The fourth-order valence-corrected chi connectivity index (χ4v) is 1.21. The van der Waals surface area contributed by atoms with Gasteiger partial charge in [0.1, 0.15) is 0 Å². The molecule has 0 saturated heterocycles. The van der Waals surface area contributed by atoms with E-state index in [0.717, 1.165) is 12.3 Å². The topological polar surface area (TPSA) is 127 Å². The molecule has 0 saturated carbocycles. The van der Waals surface area contributed by atoms with Crippen LogP contribution in [0.2, 0.25) is 0 Å². The van der Waals surface area contributed by atoms with Crippen LogP contribution >= 0.6 is 0 Å². The molecule has 0 rings (SSSR count). The highest BCUT2D eigenvalue weighted by molar-refractivity contribution is 7.85. The van der Waals surface area contributed by atoms with Gasteiger partial charge in [-0.15, -0.1) is 0 Å². The van der Waals surface area contributed by atoms with Gasteiger partial charge < -0.3 is 11.1 Å². The minimum Gasteiger partial charge on any atom is -0.366 e. The van der Waals surface area contributed by atoms with Crippen LogP contribution in [0.15, 0.2) is 12.3 Å². The third kappa shape index (κ3) is 10.5. The van der Waals surface area contributed by atoms with E-state index in [-0.39, 0.29) is 12.8 Å². The van der Waals surface area contributed by atoms with E-state index in [9.17, 15) is 18.0 Å². The molecule has 0 aromatic rings. The Morgan fingerprint density at radius 2 is 2.00 bits per heavy atom. The van der Waals surface area contributed by atoms with Crippen molar-refractivity contribution in [1.82, 2.24) is 5.32 Å². The molecule has 0 spiro atoms. The van der Waals surface area contributed by atoms with Crippen molar-refractivity contribution in [3.05, 3.63) is 12.3 Å². The lowest BCUT2D eigenvalue weighted by molar-refractivity contribution is -0.120. The summed E-state index contributed by atoms with van der Waals surface area (Å²) in [7, 11) is -4.03. The molecule has 7 nitrogen and oxygen atoms in total. The number of nitrogens with one attached hydrogen (secondary N) is 1. The fraction of sp³-hybridized carbons (Fsp3) is 0.429. The van der Waals surface area contributed by atoms with Crippen LogP contribution in [0.5, 0.6) is 0 Å². The van der Waals surface area contributed by atoms with Crippen LogP contribution in [0.25, 0.3) is 0 Å². The predicted molar refractivity (Wildman–Crippen MR) is 52.1 cm³/mol. The van der Waals surface area contributed by atoms with Gasteiger partial charge in [0.05, 0.1) is 5.75 Å². The lowest BCUT2D eigenvalue weighted by atomic mass is 10.3. The molecule has 0 heterocycles. The van der Waals surface area contributed by atoms with Crippen molar-refractivity contribution < 1.29 is 22.6 Å². The van der Waals surface area contributed by atoms with E-state index < -0.39 is 27.7 Å². The molecule has 0 aliphatic rings. The Morgan fingerprint density at radius 3 is 2.47 bits per heavy atom. The van der Waals surface area contributed by atoms with Crippen LogP contribution in [-0.4, -0.2) is 30.5 Å². The summed E-state index contributed by atoms with van der Waals surface area (Å²) in [5.41, 5.74) is 4.75. The molecule has 0 unspecified atom stereocenters. The van der Waals surface area contributed by atoms with Crippen LogP contribution in [0.1, 0.15) is 12.8 Å². The third-order valence-electron chi connectivity index (χ3n) is 1.30. The molecule has 0 aliphatic heterocycles. The van der Waals surface area contributed by atoms with E-state index in [1.807, 2.05) is 0 Å². The number of rotatable bonds is 6. The maximum absolute atomic E-state index is 10.9. The molecule has 0 bridgehead atoms. The third-order valence-corrected chi connectivity index (χ3v) is 2.10. The highest BCUT2D eigenvalue weighted by Crippen LogP contribution is 1.93. The first-order valence-corrected chi connectivity index (χ1v) is 5.62. The average molecular weight is 236 g/mol. The maximum atomic E-state index is 10.9. The molecule has 0 radical (unpaired) electrons. The fourth-order valence-electron chi connectivity index (χ4n) is 0.704. The Hall–Kier alpha value is -1.41. The van der Waals surface area contributed by atoms with E-state index in [1.54, 1.807) is 0 Å². The molecule has 0 aromatic heterocycles. The zero-order chi connectivity index (χ0) is 11.9. The molecule has 0 aliphatic carbocycles. The van der Waals surface area contributed by atoms with E-state index in [4.69, 9.17) is 10.3 Å². The lowest BCUT2D eigenvalue weighted by Crippen LogP contribution is -2.19. The largest absolute Gasteiger partial charge is 0.366 e. The van der Waals surface area contributed by atoms with Crippen molar-refractivity contribution >= 4 is 21.9 Å². The van der Waals surface area contributed by atoms with Gasteiger partial charge in [-0.1, -0.05) is 0 Å². The molecule has 4 N–H and O–H groups in total. The molecule has 8 heteroatoms. The summed E-state index contributed by atoms with van der Waals surface area (Å²) in [5, 5.41) is 2.20. The summed E-state index contributed by atoms with van der Waals surface area (Å²) in [4.78, 5) is 21.1. The molecule has 86 valence electrons. The highest BCUT2D eigenvalue weighted by Gasteiger charge is 2.06. The zero-order valence-corrected chi connectivity index (χ0v) is 8.66. The molecule has 2 amide bonds. The molecule has 15 heavy (non-hydrogen) atoms. The van der Waals surface area contributed by atoms with Crippen molar-refractivity contribution in [2.75, 3.05) is 5.75 Å². The normalized spacial score (nSPS) is 11.5. The Kier molecular flexibility index (Phi) is 5.57. The number of carbonyl (C=O) groups is 2. The van der Waals surface area contributed by atoms with Crippen LogP contribution < -0.4 is 11.1 Å². The van der Waals surface area contributed by atoms with Crippen molar-refractivity contribution in [2.45, 2.75) is 12.8 Å². The molecule has 0 fully saturated rings. The molecule has 0 atom stereocenters. The van der Waals surface area contributed by atoms with Crippen molar-refractivity contribution in [3.63, 3.8) is 0 Å². The van der Waals surface area contributed by atoms with Crippen LogP contribution in [0, 0.1) is 0 Å². The second-order valence-corrected chi connectivity index (χ2v) is 4.26. The number of nitrogens with two attached hydrogens (primary N) is 1. The van der Waals surface area contributed by atoms with Gasteiger partial charge in [-0.25, -0.2) is 0 Å². The Balaban J connectivity index is 3.72. The quantitative estimate of drug-likeness (QED) is 0.393. The second-order valence-electron chi connectivity index (χ2n) is 2.69. The molecular weight excluding hydrogens is 224 g/mol. The van der Waals surface area contributed by atoms with E-state index >= 15 is 0 Å². The number of primary amides is 1. The summed E-state index contributed by atoms with van der Waals surface area (Å²) in [5.74, 6) is -1.63. The van der Waals surface area contributed by atoms with Crippen molar-refractivity contribution in [1.29, 1.82) is 0 Å². The molecule has 0 aromatic carbocycles. The summed E-state index contributed by atoms with van der Waals surface area (Å²) < 4.78 is 28.9. The van der Waals surface area contributed by atoms with Gasteiger partial charge in [-0.2, -0.15) is 8.42 Å². The smallest absolute Gasteiger partial charge is 0.264 e. The van der Waals surface area contributed by atoms with E-state index in [0.29, 0.717) is 0 Å². The van der Waals surface area contributed by atoms with Crippen LogP contribution in [0.3, 0.4) is 0 Å². The van der Waals surface area contributed by atoms with Gasteiger partial charge in [0.25, 0.3) is 10.1 Å². The van der Waals surface area contributed by atoms with Gasteiger partial charge in [0, 0.05) is 18.7 Å². The summed E-state index contributed by atoms with van der Waals surface area (Å²) in [6.07, 6.45) is 1.97. The SMILES string of the molecule is NC(=O)/C=C/NC(=O)CCCS(=O)(=O)O. The first-order valence-electron chi connectivity index (χ1n) is 4.02.